The van der Waals surface area contributed by atoms with Crippen LogP contribution in [0.4, 0.5) is 0 Å². The summed E-state index contributed by atoms with van der Waals surface area (Å²) in [6, 6.07) is 0. The molecular formula is C17H25N3O. The Morgan fingerprint density at radius 3 is 2.71 bits per heavy atom. The second-order valence-corrected chi connectivity index (χ2v) is 7.27. The van der Waals surface area contributed by atoms with E-state index in [4.69, 9.17) is 0 Å². The fraction of sp³-hybridized carbons (Fsp3) is 0.765. The Kier molecular flexibility index (Phi) is 3.09. The van der Waals surface area contributed by atoms with E-state index in [2.05, 4.69) is 16.2 Å². The number of rotatable bonds is 2. The molecule has 0 radical (unpaired) electrons. The molecule has 114 valence electrons. The van der Waals surface area contributed by atoms with Gasteiger partial charge < -0.3 is 4.90 Å². The second kappa shape index (κ2) is 4.85. The van der Waals surface area contributed by atoms with Gasteiger partial charge in [-0.25, -0.2) is 0 Å². The number of hydrogen-bond acceptors (Lipinski definition) is 2. The molecule has 1 amide bonds. The van der Waals surface area contributed by atoms with E-state index in [1.807, 2.05) is 17.9 Å². The van der Waals surface area contributed by atoms with Gasteiger partial charge in [-0.15, -0.1) is 0 Å². The molecule has 0 bridgehead atoms. The monoisotopic (exact) mass is 287 g/mol. The molecule has 2 heterocycles. The maximum atomic E-state index is 13.0. The van der Waals surface area contributed by atoms with Crippen LogP contribution in [0.3, 0.4) is 0 Å². The van der Waals surface area contributed by atoms with Crippen LogP contribution >= 0.6 is 0 Å². The lowest BCUT2D eigenvalue weighted by atomic mass is 9.79. The lowest BCUT2D eigenvalue weighted by Crippen LogP contribution is -2.49. The SMILES string of the molecule is Cn1cc([C@@H]2C[C@H]2C(=O)N2CCCC23CCCCC3)cn1. The summed E-state index contributed by atoms with van der Waals surface area (Å²) in [7, 11) is 1.94. The topological polar surface area (TPSA) is 38.1 Å². The van der Waals surface area contributed by atoms with Gasteiger partial charge in [0.25, 0.3) is 0 Å². The lowest BCUT2D eigenvalue weighted by Gasteiger charge is -2.42. The van der Waals surface area contributed by atoms with Gasteiger partial charge in [-0.1, -0.05) is 19.3 Å². The molecule has 2 aliphatic carbocycles. The quantitative estimate of drug-likeness (QED) is 0.839. The van der Waals surface area contributed by atoms with E-state index in [-0.39, 0.29) is 11.5 Å². The van der Waals surface area contributed by atoms with Gasteiger partial charge >= 0.3 is 0 Å². The molecule has 4 rings (SSSR count). The minimum Gasteiger partial charge on any atom is -0.337 e. The highest BCUT2D eigenvalue weighted by Crippen LogP contribution is 2.51. The van der Waals surface area contributed by atoms with Crippen molar-refractivity contribution < 1.29 is 4.79 Å². The van der Waals surface area contributed by atoms with Crippen molar-refractivity contribution in [3.8, 4) is 0 Å². The molecule has 0 aromatic carbocycles. The lowest BCUT2D eigenvalue weighted by molar-refractivity contribution is -0.138. The molecule has 3 fully saturated rings. The Hall–Kier alpha value is -1.32. The van der Waals surface area contributed by atoms with Crippen molar-refractivity contribution in [2.45, 2.75) is 62.8 Å². The molecule has 1 aromatic heterocycles. The van der Waals surface area contributed by atoms with Gasteiger partial charge in [-0.3, -0.25) is 9.48 Å². The van der Waals surface area contributed by atoms with E-state index in [1.165, 1.54) is 50.5 Å². The molecule has 1 aliphatic heterocycles. The van der Waals surface area contributed by atoms with Crippen LogP contribution in [0.25, 0.3) is 0 Å². The second-order valence-electron chi connectivity index (χ2n) is 7.27. The number of aromatic nitrogens is 2. The highest BCUT2D eigenvalue weighted by atomic mass is 16.2. The van der Waals surface area contributed by atoms with Gasteiger partial charge in [-0.2, -0.15) is 5.10 Å². The Bertz CT molecular complexity index is 544. The summed E-state index contributed by atoms with van der Waals surface area (Å²) < 4.78 is 1.84. The van der Waals surface area contributed by atoms with E-state index in [9.17, 15) is 4.79 Å². The summed E-state index contributed by atoms with van der Waals surface area (Å²) in [6.45, 7) is 0.995. The van der Waals surface area contributed by atoms with Crippen LogP contribution in [0.2, 0.25) is 0 Å². The van der Waals surface area contributed by atoms with Crippen molar-refractivity contribution in [2.24, 2.45) is 13.0 Å². The standard InChI is InChI=1S/C17H25N3O/c1-19-12-13(11-18-19)14-10-15(14)16(21)20-9-5-8-17(20)6-3-2-4-7-17/h11-12,14-15H,2-10H2,1H3/t14-,15+/m0/s1. The average molecular weight is 287 g/mol. The van der Waals surface area contributed by atoms with Crippen LogP contribution in [0.15, 0.2) is 12.4 Å². The van der Waals surface area contributed by atoms with Crippen molar-refractivity contribution >= 4 is 5.91 Å². The highest BCUT2D eigenvalue weighted by molar-refractivity contribution is 5.84. The minimum atomic E-state index is 0.228. The molecule has 21 heavy (non-hydrogen) atoms. The van der Waals surface area contributed by atoms with Crippen molar-refractivity contribution in [3.63, 3.8) is 0 Å². The molecule has 1 saturated heterocycles. The minimum absolute atomic E-state index is 0.228. The number of amides is 1. The average Bonchev–Trinajstić information content (AvgIpc) is 3.03. The van der Waals surface area contributed by atoms with E-state index in [0.717, 1.165) is 13.0 Å². The highest BCUT2D eigenvalue weighted by Gasteiger charge is 2.52. The summed E-state index contributed by atoms with van der Waals surface area (Å²) in [4.78, 5) is 15.3. The summed E-state index contributed by atoms with van der Waals surface area (Å²) in [6.07, 6.45) is 13.9. The zero-order valence-corrected chi connectivity index (χ0v) is 12.9. The van der Waals surface area contributed by atoms with Crippen LogP contribution < -0.4 is 0 Å². The third-order valence-corrected chi connectivity index (χ3v) is 5.91. The zero-order valence-electron chi connectivity index (χ0n) is 12.9. The third-order valence-electron chi connectivity index (χ3n) is 5.91. The summed E-state index contributed by atoms with van der Waals surface area (Å²) in [5, 5.41) is 4.24. The first-order valence-electron chi connectivity index (χ1n) is 8.50. The van der Waals surface area contributed by atoms with E-state index in [0.29, 0.717) is 11.8 Å². The van der Waals surface area contributed by atoms with Crippen LogP contribution in [0.5, 0.6) is 0 Å². The van der Waals surface area contributed by atoms with E-state index < -0.39 is 0 Å². The molecule has 1 spiro atoms. The van der Waals surface area contributed by atoms with Crippen molar-refractivity contribution in [1.29, 1.82) is 0 Å². The zero-order chi connectivity index (χ0) is 14.4. The summed E-state index contributed by atoms with van der Waals surface area (Å²) in [5.74, 6) is 1.08. The number of carbonyl (C=O) groups is 1. The smallest absolute Gasteiger partial charge is 0.226 e. The van der Waals surface area contributed by atoms with Gasteiger partial charge in [0, 0.05) is 31.2 Å². The Labute approximate surface area is 126 Å². The van der Waals surface area contributed by atoms with Crippen LogP contribution in [-0.2, 0) is 11.8 Å². The first kappa shape index (κ1) is 13.4. The normalized spacial score (nSPS) is 30.8. The Morgan fingerprint density at radius 2 is 2.00 bits per heavy atom. The Morgan fingerprint density at radius 1 is 1.24 bits per heavy atom. The largest absolute Gasteiger partial charge is 0.337 e. The number of nitrogens with zero attached hydrogens (tertiary/aromatic N) is 3. The molecular weight excluding hydrogens is 262 g/mol. The maximum Gasteiger partial charge on any atom is 0.226 e. The van der Waals surface area contributed by atoms with Crippen LogP contribution in [-0.4, -0.2) is 32.7 Å². The number of likely N-dealkylation sites (tertiary alicyclic amines) is 1. The third kappa shape index (κ3) is 2.19. The maximum absolute atomic E-state index is 13.0. The van der Waals surface area contributed by atoms with Gasteiger partial charge in [0.2, 0.25) is 5.91 Å². The van der Waals surface area contributed by atoms with E-state index in [1.54, 1.807) is 0 Å². The predicted molar refractivity (Wildman–Crippen MR) is 80.8 cm³/mol. The fourth-order valence-corrected chi connectivity index (χ4v) is 4.68. The first-order chi connectivity index (χ1) is 10.2. The van der Waals surface area contributed by atoms with Gasteiger partial charge in [0.1, 0.15) is 0 Å². The molecule has 0 unspecified atom stereocenters. The number of carbonyl (C=O) groups excluding carboxylic acids is 1. The fourth-order valence-electron chi connectivity index (χ4n) is 4.68. The number of aryl methyl sites for hydroxylation is 1. The molecule has 4 nitrogen and oxygen atoms in total. The summed E-state index contributed by atoms with van der Waals surface area (Å²) >= 11 is 0. The predicted octanol–water partition coefficient (Wildman–Crippen LogP) is 2.85. The van der Waals surface area contributed by atoms with Gasteiger partial charge in [-0.05, 0) is 43.6 Å². The van der Waals surface area contributed by atoms with Crippen molar-refractivity contribution in [3.05, 3.63) is 18.0 Å². The number of hydrogen-bond donors (Lipinski definition) is 0. The molecule has 3 aliphatic rings. The van der Waals surface area contributed by atoms with Crippen LogP contribution in [0, 0.1) is 5.92 Å². The molecule has 2 saturated carbocycles. The molecule has 4 heteroatoms. The van der Waals surface area contributed by atoms with Crippen molar-refractivity contribution in [2.75, 3.05) is 6.54 Å². The van der Waals surface area contributed by atoms with Crippen LogP contribution in [0.1, 0.15) is 62.8 Å². The molecule has 1 aromatic rings. The van der Waals surface area contributed by atoms with Gasteiger partial charge in [0.15, 0.2) is 0 Å². The van der Waals surface area contributed by atoms with Crippen molar-refractivity contribution in [1.82, 2.24) is 14.7 Å². The van der Waals surface area contributed by atoms with Gasteiger partial charge in [0.05, 0.1) is 6.20 Å². The van der Waals surface area contributed by atoms with E-state index >= 15 is 0 Å². The first-order valence-corrected chi connectivity index (χ1v) is 8.50. The summed E-state index contributed by atoms with van der Waals surface area (Å²) in [5.41, 5.74) is 1.48. The molecule has 0 N–H and O–H groups in total. The molecule has 2 atom stereocenters. The Balaban J connectivity index is 1.48.